The molecule has 0 aromatic heterocycles. The van der Waals surface area contributed by atoms with E-state index in [4.69, 9.17) is 0 Å². The zero-order valence-corrected chi connectivity index (χ0v) is 18.2. The second-order valence-corrected chi connectivity index (χ2v) is 9.35. The van der Waals surface area contributed by atoms with Crippen LogP contribution in [0.1, 0.15) is 22.3 Å². The zero-order chi connectivity index (χ0) is 21.7. The molecule has 3 aromatic carbocycles. The van der Waals surface area contributed by atoms with Crippen LogP contribution in [-0.4, -0.2) is 25.2 Å². The summed E-state index contributed by atoms with van der Waals surface area (Å²) in [5.41, 5.74) is 4.03. The van der Waals surface area contributed by atoms with E-state index in [1.807, 2.05) is 62.4 Å². The van der Waals surface area contributed by atoms with Gasteiger partial charge in [0.2, 0.25) is 15.9 Å². The summed E-state index contributed by atoms with van der Waals surface area (Å²) in [5.74, 6) is -0.385. The highest BCUT2D eigenvalue weighted by molar-refractivity contribution is 7.89. The molecule has 0 spiro atoms. The van der Waals surface area contributed by atoms with Gasteiger partial charge in [0.15, 0.2) is 0 Å². The first kappa shape index (κ1) is 21.7. The Morgan fingerprint density at radius 2 is 1.50 bits per heavy atom. The van der Waals surface area contributed by atoms with Gasteiger partial charge < -0.3 is 5.32 Å². The first-order chi connectivity index (χ1) is 14.3. The van der Waals surface area contributed by atoms with Gasteiger partial charge >= 0.3 is 0 Å². The maximum absolute atomic E-state index is 13.5. The number of hydrogen-bond donors (Lipinski definition) is 1. The van der Waals surface area contributed by atoms with Gasteiger partial charge in [-0.05, 0) is 55.7 Å². The minimum Gasteiger partial charge on any atom is -0.325 e. The van der Waals surface area contributed by atoms with Crippen molar-refractivity contribution in [1.29, 1.82) is 0 Å². The molecule has 0 bridgehead atoms. The van der Waals surface area contributed by atoms with E-state index in [-0.39, 0.29) is 23.9 Å². The van der Waals surface area contributed by atoms with Crippen LogP contribution >= 0.6 is 0 Å². The van der Waals surface area contributed by atoms with Crippen LogP contribution in [0.25, 0.3) is 0 Å². The number of nitrogens with one attached hydrogen (secondary N) is 1. The lowest BCUT2D eigenvalue weighted by molar-refractivity contribution is -0.116. The Kier molecular flexibility index (Phi) is 6.70. The molecule has 0 aliphatic carbocycles. The predicted molar refractivity (Wildman–Crippen MR) is 120 cm³/mol. The van der Waals surface area contributed by atoms with Crippen molar-refractivity contribution in [2.45, 2.75) is 32.2 Å². The van der Waals surface area contributed by atoms with Crippen LogP contribution in [0.15, 0.2) is 77.7 Å². The molecule has 1 amide bonds. The van der Waals surface area contributed by atoms with Crippen LogP contribution in [0.3, 0.4) is 0 Å². The molecular formula is C24H26N2O3S. The quantitative estimate of drug-likeness (QED) is 0.612. The van der Waals surface area contributed by atoms with Gasteiger partial charge in [-0.2, -0.15) is 4.31 Å². The van der Waals surface area contributed by atoms with Gasteiger partial charge in [-0.3, -0.25) is 4.79 Å². The van der Waals surface area contributed by atoms with E-state index in [1.54, 1.807) is 31.2 Å². The number of hydrogen-bond acceptors (Lipinski definition) is 3. The number of sulfonamides is 1. The molecule has 6 heteroatoms. The summed E-state index contributed by atoms with van der Waals surface area (Å²) in [6.07, 6.45) is 0. The molecule has 0 saturated heterocycles. The molecule has 30 heavy (non-hydrogen) atoms. The molecule has 0 heterocycles. The summed E-state index contributed by atoms with van der Waals surface area (Å²) in [5, 5.41) is 2.79. The van der Waals surface area contributed by atoms with Crippen LogP contribution in [0, 0.1) is 20.8 Å². The predicted octanol–water partition coefficient (Wildman–Crippen LogP) is 4.44. The molecule has 0 aliphatic rings. The van der Waals surface area contributed by atoms with Gasteiger partial charge in [0.05, 0.1) is 11.4 Å². The van der Waals surface area contributed by atoms with Crippen molar-refractivity contribution in [1.82, 2.24) is 4.31 Å². The average Bonchev–Trinajstić information content (AvgIpc) is 2.71. The number of carbonyl (C=O) groups is 1. The highest BCUT2D eigenvalue weighted by atomic mass is 32.2. The number of rotatable bonds is 7. The second-order valence-electron chi connectivity index (χ2n) is 7.44. The van der Waals surface area contributed by atoms with Crippen LogP contribution in [-0.2, 0) is 21.4 Å². The van der Waals surface area contributed by atoms with Crippen molar-refractivity contribution >= 4 is 21.6 Å². The third-order valence-corrected chi connectivity index (χ3v) is 6.75. The lowest BCUT2D eigenvalue weighted by atomic mass is 10.2. The summed E-state index contributed by atoms with van der Waals surface area (Å²) < 4.78 is 28.2. The molecule has 156 valence electrons. The van der Waals surface area contributed by atoms with Crippen LogP contribution in [0.5, 0.6) is 0 Å². The van der Waals surface area contributed by atoms with E-state index < -0.39 is 10.0 Å². The van der Waals surface area contributed by atoms with Crippen molar-refractivity contribution in [2.24, 2.45) is 0 Å². The third kappa shape index (κ3) is 5.34. The standard InChI is InChI=1S/C24H26N2O3S/c1-18-10-13-22(14-11-18)25-24(27)17-26(16-21-7-5-4-6-8-21)30(28,29)23-15-19(2)9-12-20(23)3/h4-15H,16-17H2,1-3H3,(H,25,27). The minimum atomic E-state index is -3.87. The molecule has 3 aromatic rings. The zero-order valence-electron chi connectivity index (χ0n) is 17.4. The minimum absolute atomic E-state index is 0.109. The van der Waals surface area contributed by atoms with E-state index in [2.05, 4.69) is 5.32 Å². The normalized spacial score (nSPS) is 11.5. The Labute approximate surface area is 178 Å². The Morgan fingerprint density at radius 3 is 2.17 bits per heavy atom. The maximum atomic E-state index is 13.5. The van der Waals surface area contributed by atoms with Crippen LogP contribution < -0.4 is 5.32 Å². The van der Waals surface area contributed by atoms with Crippen molar-refractivity contribution < 1.29 is 13.2 Å². The fourth-order valence-corrected chi connectivity index (χ4v) is 4.83. The van der Waals surface area contributed by atoms with Crippen molar-refractivity contribution in [3.05, 3.63) is 95.1 Å². The van der Waals surface area contributed by atoms with Gasteiger partial charge in [-0.1, -0.05) is 60.2 Å². The summed E-state index contributed by atoms with van der Waals surface area (Å²) in [6, 6.07) is 22.0. The summed E-state index contributed by atoms with van der Waals surface area (Å²) in [4.78, 5) is 12.9. The number of carbonyl (C=O) groups excluding carboxylic acids is 1. The molecule has 0 atom stereocenters. The fraction of sp³-hybridized carbons (Fsp3) is 0.208. The van der Waals surface area contributed by atoms with E-state index in [0.29, 0.717) is 11.3 Å². The fourth-order valence-electron chi connectivity index (χ4n) is 3.13. The van der Waals surface area contributed by atoms with Gasteiger partial charge in [0, 0.05) is 12.2 Å². The molecule has 0 unspecified atom stereocenters. The van der Waals surface area contributed by atoms with Crippen LogP contribution in [0.4, 0.5) is 5.69 Å². The molecule has 3 rings (SSSR count). The molecule has 0 aliphatic heterocycles. The number of benzene rings is 3. The molecule has 0 radical (unpaired) electrons. The molecule has 0 saturated carbocycles. The van der Waals surface area contributed by atoms with Gasteiger partial charge in [0.25, 0.3) is 0 Å². The molecule has 0 fully saturated rings. The summed E-state index contributed by atoms with van der Waals surface area (Å²) in [7, 11) is -3.87. The molecule has 1 N–H and O–H groups in total. The number of aryl methyl sites for hydroxylation is 3. The lowest BCUT2D eigenvalue weighted by Gasteiger charge is -2.23. The monoisotopic (exact) mass is 422 g/mol. The average molecular weight is 423 g/mol. The van der Waals surface area contributed by atoms with E-state index in [9.17, 15) is 13.2 Å². The van der Waals surface area contributed by atoms with E-state index in [0.717, 1.165) is 16.7 Å². The second kappa shape index (κ2) is 9.24. The van der Waals surface area contributed by atoms with Crippen molar-refractivity contribution in [3.63, 3.8) is 0 Å². The Balaban J connectivity index is 1.90. The largest absolute Gasteiger partial charge is 0.325 e. The number of nitrogens with zero attached hydrogens (tertiary/aromatic N) is 1. The highest BCUT2D eigenvalue weighted by Gasteiger charge is 2.28. The third-order valence-electron chi connectivity index (χ3n) is 4.82. The summed E-state index contributed by atoms with van der Waals surface area (Å²) in [6.45, 7) is 5.41. The van der Waals surface area contributed by atoms with Gasteiger partial charge in [-0.25, -0.2) is 8.42 Å². The van der Waals surface area contributed by atoms with Gasteiger partial charge in [0.1, 0.15) is 0 Å². The maximum Gasteiger partial charge on any atom is 0.244 e. The number of anilines is 1. The first-order valence-corrected chi connectivity index (χ1v) is 11.2. The van der Waals surface area contributed by atoms with Crippen LogP contribution in [0.2, 0.25) is 0 Å². The topological polar surface area (TPSA) is 66.5 Å². The van der Waals surface area contributed by atoms with E-state index >= 15 is 0 Å². The van der Waals surface area contributed by atoms with Crippen molar-refractivity contribution in [3.8, 4) is 0 Å². The highest BCUT2D eigenvalue weighted by Crippen LogP contribution is 2.23. The van der Waals surface area contributed by atoms with Crippen molar-refractivity contribution in [2.75, 3.05) is 11.9 Å². The first-order valence-electron chi connectivity index (χ1n) is 9.73. The smallest absolute Gasteiger partial charge is 0.244 e. The number of amides is 1. The van der Waals surface area contributed by atoms with Gasteiger partial charge in [-0.15, -0.1) is 0 Å². The Hall–Kier alpha value is -2.96. The molecule has 5 nitrogen and oxygen atoms in total. The lowest BCUT2D eigenvalue weighted by Crippen LogP contribution is -2.37. The molecular weight excluding hydrogens is 396 g/mol. The summed E-state index contributed by atoms with van der Waals surface area (Å²) >= 11 is 0. The Morgan fingerprint density at radius 1 is 0.867 bits per heavy atom. The Bertz CT molecular complexity index is 1120. The van der Waals surface area contributed by atoms with E-state index in [1.165, 1.54) is 4.31 Å². The SMILES string of the molecule is Cc1ccc(NC(=O)CN(Cc2ccccc2)S(=O)(=O)c2cc(C)ccc2C)cc1.